The molecule has 2 aliphatic rings. The maximum absolute atomic E-state index is 4.30. The van der Waals surface area contributed by atoms with E-state index in [1.54, 1.807) is 29.2 Å². The van der Waals surface area contributed by atoms with Gasteiger partial charge in [-0.25, -0.2) is 9.97 Å². The van der Waals surface area contributed by atoms with Crippen molar-refractivity contribution >= 4 is 21.7 Å². The molecule has 12 heavy (non-hydrogen) atoms. The van der Waals surface area contributed by atoms with Crippen molar-refractivity contribution in [1.29, 1.82) is 0 Å². The standard InChI is InChI=1S/C7H4N4S/c1-4-5(2-10-9-1)11-7-6(4)12-3-8-7/h1-3,10H. The number of fused-ring (bicyclic) bond motifs is 3. The molecule has 0 bridgehead atoms. The van der Waals surface area contributed by atoms with Crippen LogP contribution in [0.4, 0.5) is 0 Å². The Morgan fingerprint density at radius 1 is 1.42 bits per heavy atom. The van der Waals surface area contributed by atoms with E-state index in [0.717, 1.165) is 21.6 Å². The SMILES string of the molecule is c1nc2nc3c[nH]ncc-3c2s1. The van der Waals surface area contributed by atoms with Gasteiger partial charge in [-0.15, -0.1) is 11.3 Å². The van der Waals surface area contributed by atoms with E-state index in [2.05, 4.69) is 20.2 Å². The van der Waals surface area contributed by atoms with Crippen LogP contribution in [0, 0.1) is 0 Å². The number of nitrogens with one attached hydrogen (secondary N) is 1. The van der Waals surface area contributed by atoms with E-state index in [4.69, 9.17) is 0 Å². The van der Waals surface area contributed by atoms with Crippen LogP contribution in [0.15, 0.2) is 17.9 Å². The second kappa shape index (κ2) is 2.01. The lowest BCUT2D eigenvalue weighted by atomic mass is 10.3. The predicted octanol–water partition coefficient (Wildman–Crippen LogP) is 1.52. The van der Waals surface area contributed by atoms with Crippen molar-refractivity contribution in [1.82, 2.24) is 20.2 Å². The summed E-state index contributed by atoms with van der Waals surface area (Å²) in [6, 6.07) is 0. The van der Waals surface area contributed by atoms with Crippen molar-refractivity contribution in [2.75, 3.05) is 0 Å². The highest BCUT2D eigenvalue weighted by atomic mass is 32.1. The molecule has 1 N–H and O–H groups in total. The van der Waals surface area contributed by atoms with Crippen molar-refractivity contribution in [2.45, 2.75) is 0 Å². The van der Waals surface area contributed by atoms with Crippen LogP contribution in [0.1, 0.15) is 0 Å². The molecule has 3 heterocycles. The highest BCUT2D eigenvalue weighted by Gasteiger charge is 2.12. The zero-order valence-corrected chi connectivity index (χ0v) is 6.80. The first kappa shape index (κ1) is 6.07. The highest BCUT2D eigenvalue weighted by Crippen LogP contribution is 2.31. The summed E-state index contributed by atoms with van der Waals surface area (Å²) < 4.78 is 1.12. The summed E-state index contributed by atoms with van der Waals surface area (Å²) in [6.45, 7) is 0. The quantitative estimate of drug-likeness (QED) is 0.565. The molecule has 2 aliphatic heterocycles. The van der Waals surface area contributed by atoms with E-state index in [1.165, 1.54) is 0 Å². The highest BCUT2D eigenvalue weighted by molar-refractivity contribution is 7.17. The van der Waals surface area contributed by atoms with Crippen LogP contribution in [0.25, 0.3) is 21.6 Å². The largest absolute Gasteiger partial charge is 0.284 e. The molecule has 0 spiro atoms. The fourth-order valence-electron chi connectivity index (χ4n) is 1.23. The maximum atomic E-state index is 4.30. The normalized spacial score (nSPS) is 11.3. The second-order valence-electron chi connectivity index (χ2n) is 2.45. The van der Waals surface area contributed by atoms with E-state index >= 15 is 0 Å². The van der Waals surface area contributed by atoms with Crippen molar-refractivity contribution < 1.29 is 0 Å². The molecule has 0 radical (unpaired) electrons. The third-order valence-corrected chi connectivity index (χ3v) is 2.61. The number of hydrogen-bond acceptors (Lipinski definition) is 4. The molecule has 5 heteroatoms. The van der Waals surface area contributed by atoms with Crippen LogP contribution in [-0.4, -0.2) is 20.2 Å². The number of hydrogen-bond donors (Lipinski definition) is 1. The Morgan fingerprint density at radius 3 is 3.42 bits per heavy atom. The summed E-state index contributed by atoms with van der Waals surface area (Å²) in [5.74, 6) is 0. The predicted molar refractivity (Wildman–Crippen MR) is 46.2 cm³/mol. The second-order valence-corrected chi connectivity index (χ2v) is 3.30. The molecule has 0 aromatic carbocycles. The third-order valence-electron chi connectivity index (χ3n) is 1.77. The van der Waals surface area contributed by atoms with E-state index in [9.17, 15) is 0 Å². The molecule has 0 atom stereocenters. The Balaban J connectivity index is 2.60. The average molecular weight is 176 g/mol. The summed E-state index contributed by atoms with van der Waals surface area (Å²) in [7, 11) is 0. The number of H-pyrrole nitrogens is 1. The van der Waals surface area contributed by atoms with Crippen LogP contribution in [-0.2, 0) is 0 Å². The number of nitrogens with zero attached hydrogens (tertiary/aromatic N) is 3. The average Bonchev–Trinajstić information content (AvgIpc) is 2.62. The third kappa shape index (κ3) is 0.634. The zero-order chi connectivity index (χ0) is 7.97. The van der Waals surface area contributed by atoms with Crippen LogP contribution in [0.2, 0.25) is 0 Å². The van der Waals surface area contributed by atoms with Gasteiger partial charge in [0.2, 0.25) is 0 Å². The van der Waals surface area contributed by atoms with Gasteiger partial charge in [-0.3, -0.25) is 5.10 Å². The Labute approximate surface area is 71.6 Å². The fraction of sp³-hybridized carbons (Fsp3) is 0. The van der Waals surface area contributed by atoms with Crippen molar-refractivity contribution in [3.8, 4) is 11.3 Å². The minimum absolute atomic E-state index is 0.816. The van der Waals surface area contributed by atoms with Gasteiger partial charge in [-0.05, 0) is 0 Å². The number of rotatable bonds is 0. The topological polar surface area (TPSA) is 54.5 Å². The van der Waals surface area contributed by atoms with Gasteiger partial charge in [-0.2, -0.15) is 5.10 Å². The minimum atomic E-state index is 0.816. The zero-order valence-electron chi connectivity index (χ0n) is 5.98. The Kier molecular flexibility index (Phi) is 1.02. The van der Waals surface area contributed by atoms with Crippen LogP contribution < -0.4 is 0 Å². The summed E-state index contributed by atoms with van der Waals surface area (Å²) in [5.41, 5.74) is 4.62. The van der Waals surface area contributed by atoms with Gasteiger partial charge in [0.1, 0.15) is 0 Å². The first-order valence-corrected chi connectivity index (χ1v) is 4.35. The smallest absolute Gasteiger partial charge is 0.171 e. The number of aromatic nitrogens is 4. The van der Waals surface area contributed by atoms with Gasteiger partial charge in [0, 0.05) is 11.8 Å². The number of thiazole rings is 1. The van der Waals surface area contributed by atoms with Gasteiger partial charge in [0.25, 0.3) is 0 Å². The van der Waals surface area contributed by atoms with Crippen molar-refractivity contribution in [3.05, 3.63) is 17.9 Å². The Hall–Kier alpha value is -1.49. The molecule has 1 aromatic heterocycles. The van der Waals surface area contributed by atoms with Crippen LogP contribution >= 0.6 is 11.3 Å². The lowest BCUT2D eigenvalue weighted by Gasteiger charge is -1.91. The molecule has 1 aromatic rings. The monoisotopic (exact) mass is 176 g/mol. The van der Waals surface area contributed by atoms with Crippen molar-refractivity contribution in [2.24, 2.45) is 0 Å². The van der Waals surface area contributed by atoms with Gasteiger partial charge in [0.05, 0.1) is 22.1 Å². The van der Waals surface area contributed by atoms with Gasteiger partial charge in [-0.1, -0.05) is 0 Å². The van der Waals surface area contributed by atoms with Gasteiger partial charge >= 0.3 is 0 Å². The van der Waals surface area contributed by atoms with E-state index in [-0.39, 0.29) is 0 Å². The van der Waals surface area contributed by atoms with E-state index in [1.807, 2.05) is 0 Å². The lowest BCUT2D eigenvalue weighted by molar-refractivity contribution is 1.03. The molecule has 0 amide bonds. The van der Waals surface area contributed by atoms with Crippen LogP contribution in [0.5, 0.6) is 0 Å². The Morgan fingerprint density at radius 2 is 2.42 bits per heavy atom. The molecule has 0 saturated carbocycles. The van der Waals surface area contributed by atoms with Crippen molar-refractivity contribution in [3.63, 3.8) is 0 Å². The Bertz CT molecular complexity index is 497. The molecular weight excluding hydrogens is 172 g/mol. The van der Waals surface area contributed by atoms with E-state index in [0.29, 0.717) is 0 Å². The van der Waals surface area contributed by atoms with Crippen LogP contribution in [0.3, 0.4) is 0 Å². The molecule has 0 unspecified atom stereocenters. The van der Waals surface area contributed by atoms with E-state index < -0.39 is 0 Å². The lowest BCUT2D eigenvalue weighted by Crippen LogP contribution is -1.82. The number of aromatic amines is 1. The summed E-state index contributed by atoms with van der Waals surface area (Å²) in [4.78, 5) is 8.42. The first-order valence-electron chi connectivity index (χ1n) is 3.47. The van der Waals surface area contributed by atoms with Gasteiger partial charge < -0.3 is 0 Å². The molecule has 0 fully saturated rings. The molecule has 4 nitrogen and oxygen atoms in total. The first-order chi connectivity index (χ1) is 5.95. The summed E-state index contributed by atoms with van der Waals surface area (Å²) in [6.07, 6.45) is 3.56. The minimum Gasteiger partial charge on any atom is -0.284 e. The summed E-state index contributed by atoms with van der Waals surface area (Å²) >= 11 is 1.60. The fourth-order valence-corrected chi connectivity index (χ4v) is 1.98. The molecule has 3 rings (SSSR count). The molecule has 0 aliphatic carbocycles. The van der Waals surface area contributed by atoms with Gasteiger partial charge in [0.15, 0.2) is 5.65 Å². The summed E-state index contributed by atoms with van der Waals surface area (Å²) in [5, 5.41) is 6.68. The maximum Gasteiger partial charge on any atom is 0.171 e. The molecule has 58 valence electrons. The molecular formula is C7H4N4S. The molecule has 0 saturated heterocycles.